The summed E-state index contributed by atoms with van der Waals surface area (Å²) in [6, 6.07) is 19.3. The third kappa shape index (κ3) is 5.63. The molecule has 0 spiro atoms. The molecule has 0 aromatic heterocycles. The van der Waals surface area contributed by atoms with Gasteiger partial charge in [-0.15, -0.1) is 0 Å². The van der Waals surface area contributed by atoms with Crippen LogP contribution in [0.2, 0.25) is 0 Å². The van der Waals surface area contributed by atoms with Gasteiger partial charge in [0.25, 0.3) is 15.9 Å². The summed E-state index contributed by atoms with van der Waals surface area (Å²) in [6.07, 6.45) is 1.50. The van der Waals surface area contributed by atoms with Gasteiger partial charge >= 0.3 is 0 Å². The van der Waals surface area contributed by atoms with Crippen LogP contribution in [0.5, 0.6) is 0 Å². The van der Waals surface area contributed by atoms with E-state index in [2.05, 4.69) is 26.5 Å². The van der Waals surface area contributed by atoms with Crippen LogP contribution in [0.15, 0.2) is 81.2 Å². The van der Waals surface area contributed by atoms with Crippen LogP contribution >= 0.6 is 15.9 Å². The lowest BCUT2D eigenvalue weighted by atomic mass is 10.1. The van der Waals surface area contributed by atoms with E-state index in [-0.39, 0.29) is 4.90 Å². The van der Waals surface area contributed by atoms with Crippen LogP contribution in [-0.2, 0) is 14.8 Å². The van der Waals surface area contributed by atoms with Gasteiger partial charge in [0.15, 0.2) is 0 Å². The summed E-state index contributed by atoms with van der Waals surface area (Å²) in [5.41, 5.74) is 6.34. The fraction of sp³-hybridized carbons (Fsp3) is 0.167. The second-order valence-electron chi connectivity index (χ2n) is 7.39. The van der Waals surface area contributed by atoms with E-state index in [9.17, 15) is 13.2 Å². The first-order valence-corrected chi connectivity index (χ1v) is 12.1. The minimum Gasteiger partial charge on any atom is -0.271 e. The highest BCUT2D eigenvalue weighted by Crippen LogP contribution is 2.28. The summed E-state index contributed by atoms with van der Waals surface area (Å²) >= 11 is 3.36. The predicted molar refractivity (Wildman–Crippen MR) is 132 cm³/mol. The van der Waals surface area contributed by atoms with E-state index in [4.69, 9.17) is 0 Å². The number of nitrogens with one attached hydrogen (secondary N) is 1. The van der Waals surface area contributed by atoms with Crippen LogP contribution in [-0.4, -0.2) is 27.1 Å². The standard InChI is InChI=1S/C24H24BrN3O3S/c1-17-7-13-22(14-8-17)32(30,31)28(23-6-4-5-18(2)19(23)3)16-24(29)27-26-15-20-9-11-21(25)12-10-20/h4-15H,16H2,1-3H3,(H,27,29)/b26-15-. The average molecular weight is 514 g/mol. The molecule has 3 aromatic rings. The molecule has 3 aromatic carbocycles. The van der Waals surface area contributed by atoms with E-state index in [1.54, 1.807) is 36.4 Å². The number of hydrogen-bond donors (Lipinski definition) is 1. The van der Waals surface area contributed by atoms with Crippen LogP contribution < -0.4 is 9.73 Å². The quantitative estimate of drug-likeness (QED) is 0.366. The van der Waals surface area contributed by atoms with Crippen LogP contribution in [0.25, 0.3) is 0 Å². The lowest BCUT2D eigenvalue weighted by Crippen LogP contribution is -2.40. The number of hydrogen-bond acceptors (Lipinski definition) is 4. The van der Waals surface area contributed by atoms with E-state index in [1.165, 1.54) is 6.21 Å². The van der Waals surface area contributed by atoms with Gasteiger partial charge < -0.3 is 0 Å². The molecule has 6 nitrogen and oxygen atoms in total. The zero-order valence-electron chi connectivity index (χ0n) is 18.0. The number of anilines is 1. The molecule has 8 heteroatoms. The monoisotopic (exact) mass is 513 g/mol. The zero-order chi connectivity index (χ0) is 23.3. The van der Waals surface area contributed by atoms with Crippen molar-refractivity contribution in [1.29, 1.82) is 0 Å². The smallest absolute Gasteiger partial charge is 0.264 e. The number of amides is 1. The number of benzene rings is 3. The van der Waals surface area contributed by atoms with Crippen LogP contribution in [0.4, 0.5) is 5.69 Å². The molecule has 0 radical (unpaired) electrons. The molecule has 32 heavy (non-hydrogen) atoms. The van der Waals surface area contributed by atoms with Gasteiger partial charge in [0, 0.05) is 4.47 Å². The normalized spacial score (nSPS) is 11.5. The maximum absolute atomic E-state index is 13.5. The number of rotatable bonds is 7. The largest absolute Gasteiger partial charge is 0.271 e. The first-order chi connectivity index (χ1) is 15.2. The van der Waals surface area contributed by atoms with Crippen LogP contribution in [0.3, 0.4) is 0 Å². The molecule has 0 saturated heterocycles. The molecule has 0 bridgehead atoms. The Morgan fingerprint density at radius 3 is 2.31 bits per heavy atom. The average Bonchev–Trinajstić information content (AvgIpc) is 2.76. The van der Waals surface area contributed by atoms with Crippen molar-refractivity contribution in [1.82, 2.24) is 5.43 Å². The first-order valence-electron chi connectivity index (χ1n) is 9.91. The molecule has 0 aliphatic rings. The Bertz CT molecular complexity index is 1240. The van der Waals surface area contributed by atoms with Crippen LogP contribution in [0, 0.1) is 20.8 Å². The molecular weight excluding hydrogens is 490 g/mol. The SMILES string of the molecule is Cc1ccc(S(=O)(=O)N(CC(=O)N/N=C\c2ccc(Br)cc2)c2cccc(C)c2C)cc1. The van der Waals surface area contributed by atoms with E-state index in [0.29, 0.717) is 5.69 Å². The maximum atomic E-state index is 13.5. The molecule has 0 atom stereocenters. The number of hydrazone groups is 1. The van der Waals surface area contributed by atoms with Gasteiger partial charge in [0.05, 0.1) is 16.8 Å². The fourth-order valence-corrected chi connectivity index (χ4v) is 4.78. The highest BCUT2D eigenvalue weighted by Gasteiger charge is 2.28. The van der Waals surface area contributed by atoms with Crippen LogP contribution in [0.1, 0.15) is 22.3 Å². The van der Waals surface area contributed by atoms with Crippen molar-refractivity contribution in [3.8, 4) is 0 Å². The number of carbonyl (C=O) groups excluding carboxylic acids is 1. The molecule has 0 heterocycles. The Balaban J connectivity index is 1.89. The van der Waals surface area contributed by atoms with Crippen molar-refractivity contribution < 1.29 is 13.2 Å². The van der Waals surface area contributed by atoms with Crippen molar-refractivity contribution in [2.45, 2.75) is 25.7 Å². The molecule has 0 aliphatic carbocycles. The molecule has 0 saturated carbocycles. The minimum absolute atomic E-state index is 0.121. The van der Waals surface area contributed by atoms with E-state index < -0.39 is 22.5 Å². The van der Waals surface area contributed by atoms with Gasteiger partial charge in [-0.3, -0.25) is 9.10 Å². The molecule has 1 N–H and O–H groups in total. The summed E-state index contributed by atoms with van der Waals surface area (Å²) in [6.45, 7) is 5.22. The Labute approximate surface area is 197 Å². The van der Waals surface area contributed by atoms with Gasteiger partial charge in [0.2, 0.25) is 0 Å². The zero-order valence-corrected chi connectivity index (χ0v) is 20.4. The molecule has 1 amide bonds. The van der Waals surface area contributed by atoms with Crippen molar-refractivity contribution in [2.24, 2.45) is 5.10 Å². The Kier molecular flexibility index (Phi) is 7.48. The minimum atomic E-state index is -3.97. The first kappa shape index (κ1) is 23.7. The molecule has 0 fully saturated rings. The van der Waals surface area contributed by atoms with Gasteiger partial charge in [-0.25, -0.2) is 13.8 Å². The van der Waals surface area contributed by atoms with Crippen molar-refractivity contribution >= 4 is 43.8 Å². The van der Waals surface area contributed by atoms with Crippen molar-refractivity contribution in [3.63, 3.8) is 0 Å². The topological polar surface area (TPSA) is 78.8 Å². The summed E-state index contributed by atoms with van der Waals surface area (Å²) in [5.74, 6) is -0.546. The highest BCUT2D eigenvalue weighted by atomic mass is 79.9. The molecule has 0 unspecified atom stereocenters. The lowest BCUT2D eigenvalue weighted by Gasteiger charge is -2.26. The number of halogens is 1. The summed E-state index contributed by atoms with van der Waals surface area (Å²) in [7, 11) is -3.97. The Morgan fingerprint density at radius 1 is 1.00 bits per heavy atom. The fourth-order valence-electron chi connectivity index (χ4n) is 3.04. The molecule has 0 aliphatic heterocycles. The van der Waals surface area contributed by atoms with Crippen molar-refractivity contribution in [2.75, 3.05) is 10.8 Å². The summed E-state index contributed by atoms with van der Waals surface area (Å²) in [5, 5.41) is 3.96. The van der Waals surface area contributed by atoms with E-state index in [1.807, 2.05) is 51.1 Å². The van der Waals surface area contributed by atoms with E-state index >= 15 is 0 Å². The number of nitrogens with zero attached hydrogens (tertiary/aromatic N) is 2. The maximum Gasteiger partial charge on any atom is 0.264 e. The number of carbonyl (C=O) groups is 1. The Hall–Kier alpha value is -2.97. The third-order valence-electron chi connectivity index (χ3n) is 5.01. The number of aryl methyl sites for hydroxylation is 2. The Morgan fingerprint density at radius 2 is 1.66 bits per heavy atom. The van der Waals surface area contributed by atoms with Gasteiger partial charge in [-0.2, -0.15) is 5.10 Å². The summed E-state index contributed by atoms with van der Waals surface area (Å²) in [4.78, 5) is 12.8. The predicted octanol–water partition coefficient (Wildman–Crippen LogP) is 4.72. The molecule has 166 valence electrons. The summed E-state index contributed by atoms with van der Waals surface area (Å²) < 4.78 is 29.0. The highest BCUT2D eigenvalue weighted by molar-refractivity contribution is 9.10. The second kappa shape index (κ2) is 10.1. The van der Waals surface area contributed by atoms with Gasteiger partial charge in [0.1, 0.15) is 6.54 Å². The lowest BCUT2D eigenvalue weighted by molar-refractivity contribution is -0.119. The molecule has 3 rings (SSSR count). The second-order valence-corrected chi connectivity index (χ2v) is 10.2. The van der Waals surface area contributed by atoms with Gasteiger partial charge in [-0.05, 0) is 67.8 Å². The third-order valence-corrected chi connectivity index (χ3v) is 7.32. The molecular formula is C24H24BrN3O3S. The number of sulfonamides is 1. The van der Waals surface area contributed by atoms with Crippen molar-refractivity contribution in [3.05, 3.63) is 93.5 Å². The van der Waals surface area contributed by atoms with Gasteiger partial charge in [-0.1, -0.05) is 57.9 Å². The van der Waals surface area contributed by atoms with E-state index in [0.717, 1.165) is 31.0 Å².